The van der Waals surface area contributed by atoms with Crippen LogP contribution < -0.4 is 0 Å². The average Bonchev–Trinajstić information content (AvgIpc) is 3.37. The van der Waals surface area contributed by atoms with Crippen molar-refractivity contribution in [2.45, 2.75) is 80.8 Å². The van der Waals surface area contributed by atoms with Gasteiger partial charge >= 0.3 is 0 Å². The molecule has 3 aliphatic carbocycles. The molecule has 2 N–H and O–H groups in total. The lowest BCUT2D eigenvalue weighted by Crippen LogP contribution is -2.61. The lowest BCUT2D eigenvalue weighted by atomic mass is 9.58. The highest BCUT2D eigenvalue weighted by Crippen LogP contribution is 2.69. The van der Waals surface area contributed by atoms with E-state index in [1.165, 1.54) is 28.3 Å². The topological polar surface area (TPSA) is 65.8 Å². The Morgan fingerprint density at radius 2 is 1.94 bits per heavy atom. The van der Waals surface area contributed by atoms with Gasteiger partial charge in [0.15, 0.2) is 0 Å². The van der Waals surface area contributed by atoms with Crippen molar-refractivity contribution in [1.29, 1.82) is 0 Å². The van der Waals surface area contributed by atoms with Crippen LogP contribution in [0.5, 0.6) is 0 Å². The number of ether oxygens (including phenoxy) is 1. The van der Waals surface area contributed by atoms with Crippen LogP contribution in [-0.2, 0) is 4.74 Å². The summed E-state index contributed by atoms with van der Waals surface area (Å²) in [5, 5.41) is 24.5. The molecule has 2 aromatic rings. The van der Waals surface area contributed by atoms with E-state index in [0.29, 0.717) is 11.8 Å². The Morgan fingerprint density at radius 1 is 1.09 bits per heavy atom. The SMILES string of the molecule is CN(C)C1C[C@@]23CC[C@@]4(O2)C(=CC[C@]2(C)[C@@H](c5ccc6ccncc6c5)CC[C@H]24)C=C3C(O)[C@@H]1O. The fourth-order valence-electron chi connectivity index (χ4n) is 8.79. The van der Waals surface area contributed by atoms with E-state index in [2.05, 4.69) is 48.3 Å². The molecule has 3 heterocycles. The maximum Gasteiger partial charge on any atom is 0.105 e. The first-order valence-electron chi connectivity index (χ1n) is 13.3. The molecule has 5 heteroatoms. The number of nitrogens with zero attached hydrogens (tertiary/aromatic N) is 2. The third-order valence-electron chi connectivity index (χ3n) is 10.6. The zero-order valence-corrected chi connectivity index (χ0v) is 20.9. The first-order chi connectivity index (χ1) is 16.8. The van der Waals surface area contributed by atoms with E-state index >= 15 is 0 Å². The van der Waals surface area contributed by atoms with Crippen LogP contribution in [-0.4, -0.2) is 63.6 Å². The highest BCUT2D eigenvalue weighted by molar-refractivity contribution is 5.82. The minimum absolute atomic E-state index is 0.111. The molecule has 2 bridgehead atoms. The van der Waals surface area contributed by atoms with Crippen LogP contribution in [0.15, 0.2) is 60.0 Å². The standard InChI is InChI=1S/C30H36N2O3/c1-28-10-8-21-15-23-26(33)27(34)24(32(2)3)16-29(23)11-12-30(21,35-29)25(28)7-6-22(28)19-5-4-18-9-13-31-17-20(18)14-19/h4-5,8-9,13-15,17,22,24-27,33-34H,6-7,10-12,16H2,1-3H3/t22-,24?,25-,26?,27-,28-,29-,30-/m1/s1. The number of allylic oxidation sites excluding steroid dienone is 1. The van der Waals surface area contributed by atoms with Crippen LogP contribution in [0.25, 0.3) is 10.8 Å². The van der Waals surface area contributed by atoms with Crippen molar-refractivity contribution in [1.82, 2.24) is 9.88 Å². The summed E-state index contributed by atoms with van der Waals surface area (Å²) < 4.78 is 7.27. The molecule has 8 atom stereocenters. The third-order valence-corrected chi connectivity index (χ3v) is 10.6. The van der Waals surface area contributed by atoms with E-state index in [1.54, 1.807) is 0 Å². The van der Waals surface area contributed by atoms with E-state index in [0.717, 1.165) is 37.7 Å². The predicted molar refractivity (Wildman–Crippen MR) is 136 cm³/mol. The normalized spacial score (nSPS) is 44.0. The fourth-order valence-corrected chi connectivity index (χ4v) is 8.79. The number of likely N-dealkylation sites (N-methyl/N-ethyl adjacent to an activating group) is 1. The van der Waals surface area contributed by atoms with E-state index < -0.39 is 17.8 Å². The summed E-state index contributed by atoms with van der Waals surface area (Å²) in [6, 6.07) is 8.90. The van der Waals surface area contributed by atoms with Gasteiger partial charge in [-0.2, -0.15) is 0 Å². The molecule has 3 fully saturated rings. The van der Waals surface area contributed by atoms with Crippen LogP contribution in [0.4, 0.5) is 0 Å². The second-order valence-electron chi connectivity index (χ2n) is 12.3. The summed E-state index contributed by atoms with van der Waals surface area (Å²) in [6.07, 6.45) is 12.8. The molecule has 2 unspecified atom stereocenters. The van der Waals surface area contributed by atoms with Crippen molar-refractivity contribution >= 4 is 10.8 Å². The van der Waals surface area contributed by atoms with Gasteiger partial charge in [0.1, 0.15) is 6.10 Å². The Morgan fingerprint density at radius 3 is 2.77 bits per heavy atom. The van der Waals surface area contributed by atoms with Crippen molar-refractivity contribution in [2.24, 2.45) is 11.3 Å². The van der Waals surface area contributed by atoms with Gasteiger partial charge in [-0.1, -0.05) is 31.2 Å². The van der Waals surface area contributed by atoms with Crippen LogP contribution in [0.3, 0.4) is 0 Å². The molecule has 1 saturated heterocycles. The summed E-state index contributed by atoms with van der Waals surface area (Å²) in [4.78, 5) is 6.40. The molecule has 1 aromatic carbocycles. The van der Waals surface area contributed by atoms with Crippen molar-refractivity contribution in [3.8, 4) is 0 Å². The number of aliphatic hydroxyl groups is 2. The van der Waals surface area contributed by atoms with Gasteiger partial charge in [-0.25, -0.2) is 0 Å². The van der Waals surface area contributed by atoms with Crippen LogP contribution in [0.1, 0.15) is 56.9 Å². The zero-order chi connectivity index (χ0) is 24.2. The Balaban J connectivity index is 1.29. The third kappa shape index (κ3) is 2.81. The molecular weight excluding hydrogens is 436 g/mol. The Labute approximate surface area is 207 Å². The summed E-state index contributed by atoms with van der Waals surface area (Å²) in [7, 11) is 3.98. The second kappa shape index (κ2) is 7.25. The van der Waals surface area contributed by atoms with E-state index in [4.69, 9.17) is 4.74 Å². The quantitative estimate of drug-likeness (QED) is 0.680. The molecule has 2 spiro atoms. The van der Waals surface area contributed by atoms with Gasteiger partial charge in [-0.05, 0) is 104 Å². The number of aromatic nitrogens is 1. The first-order valence-corrected chi connectivity index (χ1v) is 13.3. The Hall–Kier alpha value is -2.05. The van der Waals surface area contributed by atoms with E-state index in [-0.39, 0.29) is 17.1 Å². The molecular formula is C30H36N2O3. The summed E-state index contributed by atoms with van der Waals surface area (Å²) in [6.45, 7) is 2.49. The molecule has 0 radical (unpaired) electrons. The summed E-state index contributed by atoms with van der Waals surface area (Å²) in [5.74, 6) is 0.937. The Bertz CT molecular complexity index is 1270. The highest BCUT2D eigenvalue weighted by atomic mass is 16.5. The minimum atomic E-state index is -0.871. The molecule has 2 saturated carbocycles. The van der Waals surface area contributed by atoms with Gasteiger partial charge in [0.05, 0.1) is 17.3 Å². The van der Waals surface area contributed by atoms with Gasteiger partial charge < -0.3 is 19.8 Å². The van der Waals surface area contributed by atoms with E-state index in [9.17, 15) is 10.2 Å². The zero-order valence-electron chi connectivity index (χ0n) is 20.9. The van der Waals surface area contributed by atoms with Crippen LogP contribution in [0.2, 0.25) is 0 Å². The number of benzene rings is 1. The number of hydrogen-bond donors (Lipinski definition) is 2. The van der Waals surface area contributed by atoms with Gasteiger partial charge in [0.2, 0.25) is 0 Å². The maximum absolute atomic E-state index is 11.2. The number of aliphatic hydroxyl groups excluding tert-OH is 2. The Kier molecular flexibility index (Phi) is 4.60. The molecule has 184 valence electrons. The minimum Gasteiger partial charge on any atom is -0.388 e. The fraction of sp³-hybridized carbons (Fsp3) is 0.567. The largest absolute Gasteiger partial charge is 0.388 e. The van der Waals surface area contributed by atoms with Gasteiger partial charge in [0, 0.05) is 23.8 Å². The molecule has 5 aliphatic rings. The lowest BCUT2D eigenvalue weighted by Gasteiger charge is -2.56. The first kappa shape index (κ1) is 22.2. The molecule has 1 aromatic heterocycles. The van der Waals surface area contributed by atoms with Crippen molar-refractivity contribution in [2.75, 3.05) is 14.1 Å². The van der Waals surface area contributed by atoms with Crippen molar-refractivity contribution in [3.63, 3.8) is 0 Å². The summed E-state index contributed by atoms with van der Waals surface area (Å²) >= 11 is 0. The second-order valence-corrected chi connectivity index (χ2v) is 12.3. The lowest BCUT2D eigenvalue weighted by molar-refractivity contribution is -0.165. The maximum atomic E-state index is 11.2. The molecule has 7 rings (SSSR count). The molecule has 5 nitrogen and oxygen atoms in total. The van der Waals surface area contributed by atoms with Crippen LogP contribution >= 0.6 is 0 Å². The monoisotopic (exact) mass is 472 g/mol. The smallest absolute Gasteiger partial charge is 0.105 e. The number of hydrogen-bond acceptors (Lipinski definition) is 5. The highest BCUT2D eigenvalue weighted by Gasteiger charge is 2.68. The molecule has 2 aliphatic heterocycles. The van der Waals surface area contributed by atoms with Gasteiger partial charge in [0.25, 0.3) is 0 Å². The summed E-state index contributed by atoms with van der Waals surface area (Å²) in [5.41, 5.74) is 2.97. The average molecular weight is 473 g/mol. The number of fused-ring (bicyclic) bond motifs is 2. The van der Waals surface area contributed by atoms with Gasteiger partial charge in [-0.15, -0.1) is 0 Å². The predicted octanol–water partition coefficient (Wildman–Crippen LogP) is 4.35. The van der Waals surface area contributed by atoms with Gasteiger partial charge in [-0.3, -0.25) is 4.98 Å². The molecule has 35 heavy (non-hydrogen) atoms. The molecule has 0 amide bonds. The number of rotatable bonds is 2. The van der Waals surface area contributed by atoms with Crippen LogP contribution in [0, 0.1) is 11.3 Å². The van der Waals surface area contributed by atoms with E-state index in [1.807, 2.05) is 31.4 Å². The van der Waals surface area contributed by atoms with Crippen molar-refractivity contribution < 1.29 is 14.9 Å². The van der Waals surface area contributed by atoms with Crippen molar-refractivity contribution in [3.05, 3.63) is 65.5 Å². The number of pyridine rings is 1.